The molecule has 0 saturated carbocycles. The van der Waals surface area contributed by atoms with Crippen molar-refractivity contribution in [1.82, 2.24) is 5.32 Å². The van der Waals surface area contributed by atoms with Gasteiger partial charge in [0.05, 0.1) is 0 Å². The van der Waals surface area contributed by atoms with Gasteiger partial charge in [0.2, 0.25) is 11.9 Å². The van der Waals surface area contributed by atoms with Gasteiger partial charge in [-0.2, -0.15) is 4.99 Å². The molecule has 0 radical (unpaired) electrons. The molecule has 0 aromatic rings. The summed E-state index contributed by atoms with van der Waals surface area (Å²) < 4.78 is 0. The van der Waals surface area contributed by atoms with Gasteiger partial charge in [-0.1, -0.05) is 0 Å². The second-order valence-corrected chi connectivity index (χ2v) is 4.17. The Hall–Kier alpha value is -2.22. The quantitative estimate of drug-likeness (QED) is 0.484. The second kappa shape index (κ2) is 4.57. The van der Waals surface area contributed by atoms with Crippen LogP contribution in [-0.2, 0) is 9.59 Å². The molecular formula is C10H13N5O3. The van der Waals surface area contributed by atoms with Gasteiger partial charge in [0.25, 0.3) is 0 Å². The van der Waals surface area contributed by atoms with Gasteiger partial charge in [0.1, 0.15) is 17.8 Å². The number of hydrogen-bond donors (Lipinski definition) is 4. The molecule has 0 aromatic heterocycles. The first-order valence-electron chi connectivity index (χ1n) is 5.36. The van der Waals surface area contributed by atoms with Crippen LogP contribution in [0.5, 0.6) is 0 Å². The number of carbonyl (C=O) groups excluding carboxylic acids is 1. The van der Waals surface area contributed by atoms with Gasteiger partial charge in [-0.15, -0.1) is 0 Å². The third-order valence-electron chi connectivity index (χ3n) is 2.76. The first kappa shape index (κ1) is 12.2. The average molecular weight is 251 g/mol. The molecule has 8 heteroatoms. The lowest BCUT2D eigenvalue weighted by molar-refractivity contribution is -0.138. The van der Waals surface area contributed by atoms with Gasteiger partial charge in [0.15, 0.2) is 0 Å². The number of carboxylic acid groups (broad SMARTS) is 1. The molecule has 2 unspecified atom stereocenters. The summed E-state index contributed by atoms with van der Waals surface area (Å²) >= 11 is 0. The van der Waals surface area contributed by atoms with E-state index in [1.807, 2.05) is 0 Å². The van der Waals surface area contributed by atoms with E-state index in [2.05, 4.69) is 15.3 Å². The second-order valence-electron chi connectivity index (χ2n) is 4.17. The van der Waals surface area contributed by atoms with Crippen LogP contribution in [0.1, 0.15) is 12.8 Å². The van der Waals surface area contributed by atoms with E-state index in [0.29, 0.717) is 17.8 Å². The van der Waals surface area contributed by atoms with Crippen LogP contribution >= 0.6 is 0 Å². The summed E-state index contributed by atoms with van der Waals surface area (Å²) in [4.78, 5) is 30.3. The number of nitrogens with two attached hydrogens (primary N) is 2. The Morgan fingerprint density at radius 2 is 2.39 bits per heavy atom. The number of guanidine groups is 1. The highest BCUT2D eigenvalue weighted by Gasteiger charge is 2.32. The van der Waals surface area contributed by atoms with Crippen LogP contribution in [0.25, 0.3) is 0 Å². The molecule has 2 aliphatic heterocycles. The van der Waals surface area contributed by atoms with Crippen molar-refractivity contribution in [3.8, 4) is 0 Å². The SMILES string of the molecule is NC1=NC2=NC=C(CC(N)C(=O)O)CC2C(=O)N1. The minimum Gasteiger partial charge on any atom is -0.480 e. The highest BCUT2D eigenvalue weighted by atomic mass is 16.4. The third kappa shape index (κ3) is 2.38. The van der Waals surface area contributed by atoms with Crippen LogP contribution in [0, 0.1) is 5.92 Å². The number of nitrogens with one attached hydrogen (secondary N) is 1. The number of carbonyl (C=O) groups is 2. The third-order valence-corrected chi connectivity index (χ3v) is 2.76. The Labute approximate surface area is 102 Å². The van der Waals surface area contributed by atoms with Crippen LogP contribution < -0.4 is 16.8 Å². The maximum Gasteiger partial charge on any atom is 0.320 e. The molecule has 2 atom stereocenters. The highest BCUT2D eigenvalue weighted by molar-refractivity contribution is 6.17. The van der Waals surface area contributed by atoms with E-state index in [1.165, 1.54) is 6.20 Å². The molecule has 8 nitrogen and oxygen atoms in total. The van der Waals surface area contributed by atoms with Gasteiger partial charge in [0, 0.05) is 6.20 Å². The summed E-state index contributed by atoms with van der Waals surface area (Å²) in [5.41, 5.74) is 11.6. The number of amides is 1. The lowest BCUT2D eigenvalue weighted by Gasteiger charge is -2.24. The van der Waals surface area contributed by atoms with Crippen molar-refractivity contribution in [2.24, 2.45) is 27.4 Å². The molecule has 96 valence electrons. The molecule has 0 bridgehead atoms. The molecule has 0 aliphatic carbocycles. The van der Waals surface area contributed by atoms with E-state index >= 15 is 0 Å². The highest BCUT2D eigenvalue weighted by Crippen LogP contribution is 2.24. The van der Waals surface area contributed by atoms with Gasteiger partial charge in [-0.3, -0.25) is 14.9 Å². The van der Waals surface area contributed by atoms with Crippen molar-refractivity contribution in [3.05, 3.63) is 11.8 Å². The summed E-state index contributed by atoms with van der Waals surface area (Å²) in [5, 5.41) is 11.1. The zero-order valence-electron chi connectivity index (χ0n) is 9.46. The molecule has 2 rings (SSSR count). The number of fused-ring (bicyclic) bond motifs is 1. The molecular weight excluding hydrogens is 238 g/mol. The molecule has 1 amide bonds. The van der Waals surface area contributed by atoms with Gasteiger partial charge >= 0.3 is 5.97 Å². The lowest BCUT2D eigenvalue weighted by Crippen LogP contribution is -2.48. The van der Waals surface area contributed by atoms with E-state index < -0.39 is 17.9 Å². The topological polar surface area (TPSA) is 143 Å². The van der Waals surface area contributed by atoms with E-state index in [4.69, 9.17) is 16.6 Å². The smallest absolute Gasteiger partial charge is 0.320 e. The largest absolute Gasteiger partial charge is 0.480 e. The van der Waals surface area contributed by atoms with Crippen molar-refractivity contribution in [3.63, 3.8) is 0 Å². The molecule has 6 N–H and O–H groups in total. The molecule has 0 saturated heterocycles. The van der Waals surface area contributed by atoms with Crippen molar-refractivity contribution < 1.29 is 14.7 Å². The van der Waals surface area contributed by atoms with Crippen LogP contribution in [0.3, 0.4) is 0 Å². The Morgan fingerprint density at radius 1 is 1.67 bits per heavy atom. The van der Waals surface area contributed by atoms with Crippen molar-refractivity contribution in [2.45, 2.75) is 18.9 Å². The van der Waals surface area contributed by atoms with Gasteiger partial charge in [-0.25, -0.2) is 4.99 Å². The number of hydrogen-bond acceptors (Lipinski definition) is 6. The Bertz CT molecular complexity index is 494. The average Bonchev–Trinajstić information content (AvgIpc) is 2.29. The zero-order chi connectivity index (χ0) is 13.3. The Balaban J connectivity index is 2.15. The minimum atomic E-state index is -1.08. The number of carboxylic acids is 1. The summed E-state index contributed by atoms with van der Waals surface area (Å²) in [6.07, 6.45) is 2.03. The fourth-order valence-electron chi connectivity index (χ4n) is 1.84. The zero-order valence-corrected chi connectivity index (χ0v) is 9.46. The first-order valence-corrected chi connectivity index (χ1v) is 5.36. The fraction of sp³-hybridized carbons (Fsp3) is 0.400. The minimum absolute atomic E-state index is 0.0223. The summed E-state index contributed by atoms with van der Waals surface area (Å²) in [5.74, 6) is -1.51. The van der Waals surface area contributed by atoms with Crippen molar-refractivity contribution in [1.29, 1.82) is 0 Å². The van der Waals surface area contributed by atoms with E-state index in [0.717, 1.165) is 0 Å². The number of aliphatic imine (C=N–C) groups is 2. The Kier molecular flexibility index (Phi) is 3.11. The van der Waals surface area contributed by atoms with Gasteiger partial charge in [-0.05, 0) is 18.4 Å². The van der Waals surface area contributed by atoms with Crippen LogP contribution in [-0.4, -0.2) is 34.8 Å². The maximum atomic E-state index is 11.7. The normalized spacial score (nSPS) is 24.2. The van der Waals surface area contributed by atoms with Crippen LogP contribution in [0.4, 0.5) is 0 Å². The van der Waals surface area contributed by atoms with Crippen LogP contribution in [0.15, 0.2) is 21.8 Å². The number of rotatable bonds is 3. The predicted octanol–water partition coefficient (Wildman–Crippen LogP) is -1.46. The summed E-state index contributed by atoms with van der Waals surface area (Å²) in [7, 11) is 0. The summed E-state index contributed by atoms with van der Waals surface area (Å²) in [6, 6.07) is -0.992. The first-order chi connectivity index (χ1) is 8.47. The summed E-state index contributed by atoms with van der Waals surface area (Å²) in [6.45, 7) is 0. The van der Waals surface area contributed by atoms with E-state index in [-0.39, 0.29) is 18.3 Å². The number of aliphatic carboxylic acids is 1. The monoisotopic (exact) mass is 251 g/mol. The fourth-order valence-corrected chi connectivity index (χ4v) is 1.84. The lowest BCUT2D eigenvalue weighted by atomic mass is 9.91. The molecule has 2 heterocycles. The predicted molar refractivity (Wildman–Crippen MR) is 63.6 cm³/mol. The molecule has 0 fully saturated rings. The van der Waals surface area contributed by atoms with E-state index in [9.17, 15) is 9.59 Å². The van der Waals surface area contributed by atoms with Crippen LogP contribution in [0.2, 0.25) is 0 Å². The molecule has 18 heavy (non-hydrogen) atoms. The molecule has 0 aromatic carbocycles. The van der Waals surface area contributed by atoms with E-state index in [1.54, 1.807) is 0 Å². The molecule has 0 spiro atoms. The molecule has 2 aliphatic rings. The van der Waals surface area contributed by atoms with Crippen molar-refractivity contribution >= 4 is 23.7 Å². The maximum absolute atomic E-state index is 11.7. The Morgan fingerprint density at radius 3 is 3.06 bits per heavy atom. The number of amidine groups is 1. The number of nitrogens with zero attached hydrogens (tertiary/aromatic N) is 2. The standard InChI is InChI=1S/C10H13N5O3/c11-6(9(17)18)2-4-1-5-7(13-3-4)14-10(12)15-8(5)16/h3,5-6H,1-2,11H2,(H,17,18)(H3,12,13,14,15,16). The van der Waals surface area contributed by atoms with Crippen molar-refractivity contribution in [2.75, 3.05) is 0 Å². The van der Waals surface area contributed by atoms with Gasteiger partial charge < -0.3 is 16.6 Å².